The van der Waals surface area contributed by atoms with E-state index in [4.69, 9.17) is 23.2 Å². The minimum Gasteiger partial charge on any atom is -0.326 e. The number of rotatable bonds is 5. The lowest BCUT2D eigenvalue weighted by molar-refractivity contribution is -0.116. The van der Waals surface area contributed by atoms with Crippen LogP contribution in [0.5, 0.6) is 0 Å². The quantitative estimate of drug-likeness (QED) is 0.704. The monoisotopic (exact) mass is 349 g/mol. The number of aryl methyl sites for hydroxylation is 2. The topological polar surface area (TPSA) is 29.1 Å². The van der Waals surface area contributed by atoms with Crippen LogP contribution in [0.3, 0.4) is 0 Å². The fourth-order valence-corrected chi connectivity index (χ4v) is 2.95. The van der Waals surface area contributed by atoms with E-state index < -0.39 is 0 Å². The molecule has 0 radical (unpaired) electrons. The van der Waals surface area contributed by atoms with Crippen LogP contribution < -0.4 is 5.32 Å². The van der Waals surface area contributed by atoms with Gasteiger partial charge in [-0.3, -0.25) is 4.79 Å². The molecule has 2 aromatic carbocycles. The first kappa shape index (κ1) is 17.8. The molecule has 0 fully saturated rings. The first-order valence-electron chi connectivity index (χ1n) is 7.72. The Labute approximate surface area is 147 Å². The van der Waals surface area contributed by atoms with E-state index in [9.17, 15) is 4.79 Å². The third kappa shape index (κ3) is 4.49. The molecule has 0 aliphatic rings. The summed E-state index contributed by atoms with van der Waals surface area (Å²) in [6, 6.07) is 11.6. The van der Waals surface area contributed by atoms with E-state index in [-0.39, 0.29) is 5.91 Å². The molecule has 0 bridgehead atoms. The zero-order chi connectivity index (χ0) is 17.0. The number of carbonyl (C=O) groups excluding carboxylic acids is 1. The Hall–Kier alpha value is -1.51. The van der Waals surface area contributed by atoms with E-state index in [1.807, 2.05) is 31.2 Å². The second-order valence-electron chi connectivity index (χ2n) is 5.95. The predicted molar refractivity (Wildman–Crippen MR) is 98.7 cm³/mol. The van der Waals surface area contributed by atoms with Crippen LogP contribution in [0.2, 0.25) is 10.0 Å². The average molecular weight is 350 g/mol. The number of para-hydroxylation sites is 1. The summed E-state index contributed by atoms with van der Waals surface area (Å²) in [6.07, 6.45) is 0.931. The molecule has 23 heavy (non-hydrogen) atoms. The van der Waals surface area contributed by atoms with E-state index in [0.717, 1.165) is 22.4 Å². The van der Waals surface area contributed by atoms with Crippen molar-refractivity contribution in [3.63, 3.8) is 0 Å². The SMILES string of the molecule is Cc1cccc(C(C)C)c1NC(=O)CCc1cccc(Cl)c1Cl. The Kier molecular flexibility index (Phi) is 6.09. The molecular weight excluding hydrogens is 329 g/mol. The highest BCUT2D eigenvalue weighted by molar-refractivity contribution is 6.42. The van der Waals surface area contributed by atoms with Crippen molar-refractivity contribution in [3.05, 3.63) is 63.1 Å². The van der Waals surface area contributed by atoms with Crippen LogP contribution in [-0.4, -0.2) is 5.91 Å². The lowest BCUT2D eigenvalue weighted by Gasteiger charge is -2.16. The van der Waals surface area contributed by atoms with Crippen LogP contribution in [0.25, 0.3) is 0 Å². The van der Waals surface area contributed by atoms with Crippen LogP contribution in [0.4, 0.5) is 5.69 Å². The van der Waals surface area contributed by atoms with Gasteiger partial charge in [0.2, 0.25) is 5.91 Å². The van der Waals surface area contributed by atoms with Gasteiger partial charge in [-0.1, -0.05) is 67.4 Å². The fraction of sp³-hybridized carbons (Fsp3) is 0.316. The van der Waals surface area contributed by atoms with Crippen molar-refractivity contribution >= 4 is 34.8 Å². The van der Waals surface area contributed by atoms with Crippen LogP contribution >= 0.6 is 23.2 Å². The summed E-state index contributed by atoms with van der Waals surface area (Å²) in [7, 11) is 0. The fourth-order valence-electron chi connectivity index (χ4n) is 2.53. The lowest BCUT2D eigenvalue weighted by Crippen LogP contribution is -2.15. The van der Waals surface area contributed by atoms with Crippen LogP contribution in [-0.2, 0) is 11.2 Å². The molecule has 2 aromatic rings. The van der Waals surface area contributed by atoms with Crippen molar-refractivity contribution in [1.29, 1.82) is 0 Å². The van der Waals surface area contributed by atoms with E-state index >= 15 is 0 Å². The summed E-state index contributed by atoms with van der Waals surface area (Å²) >= 11 is 12.2. The first-order chi connectivity index (χ1) is 10.9. The second-order valence-corrected chi connectivity index (χ2v) is 6.74. The largest absolute Gasteiger partial charge is 0.326 e. The number of amides is 1. The highest BCUT2D eigenvalue weighted by Gasteiger charge is 2.13. The minimum atomic E-state index is -0.0164. The molecule has 1 N–H and O–H groups in total. The molecule has 2 rings (SSSR count). The molecular formula is C19H21Cl2NO. The smallest absolute Gasteiger partial charge is 0.224 e. The Morgan fingerprint density at radius 3 is 2.52 bits per heavy atom. The summed E-state index contributed by atoms with van der Waals surface area (Å²) < 4.78 is 0. The van der Waals surface area contributed by atoms with Crippen molar-refractivity contribution in [1.82, 2.24) is 0 Å². The number of anilines is 1. The van der Waals surface area contributed by atoms with Crippen molar-refractivity contribution in [2.24, 2.45) is 0 Å². The van der Waals surface area contributed by atoms with Gasteiger partial charge in [0.1, 0.15) is 0 Å². The van der Waals surface area contributed by atoms with Gasteiger partial charge in [-0.2, -0.15) is 0 Å². The van der Waals surface area contributed by atoms with Gasteiger partial charge in [-0.05, 0) is 42.0 Å². The molecule has 0 aliphatic carbocycles. The van der Waals surface area contributed by atoms with E-state index in [0.29, 0.717) is 28.8 Å². The van der Waals surface area contributed by atoms with E-state index in [1.165, 1.54) is 0 Å². The molecule has 4 heteroatoms. The molecule has 0 unspecified atom stereocenters. The lowest BCUT2D eigenvalue weighted by atomic mass is 9.98. The summed E-state index contributed by atoms with van der Waals surface area (Å²) in [6.45, 7) is 6.25. The Morgan fingerprint density at radius 2 is 1.83 bits per heavy atom. The molecule has 1 amide bonds. The maximum absolute atomic E-state index is 12.3. The van der Waals surface area contributed by atoms with Gasteiger partial charge < -0.3 is 5.32 Å². The zero-order valence-corrected chi connectivity index (χ0v) is 15.1. The van der Waals surface area contributed by atoms with Gasteiger partial charge in [0.05, 0.1) is 10.0 Å². The predicted octanol–water partition coefficient (Wildman–Crippen LogP) is 6.00. The van der Waals surface area contributed by atoms with E-state index in [2.05, 4.69) is 25.2 Å². The molecule has 2 nitrogen and oxygen atoms in total. The standard InChI is InChI=1S/C19H21Cl2NO/c1-12(2)15-8-4-6-13(3)19(15)22-17(23)11-10-14-7-5-9-16(20)18(14)21/h4-9,12H,10-11H2,1-3H3,(H,22,23). The van der Waals surface area contributed by atoms with Gasteiger partial charge in [-0.15, -0.1) is 0 Å². The highest BCUT2D eigenvalue weighted by atomic mass is 35.5. The third-order valence-corrected chi connectivity index (χ3v) is 4.70. The summed E-state index contributed by atoms with van der Waals surface area (Å²) in [4.78, 5) is 12.3. The van der Waals surface area contributed by atoms with Crippen LogP contribution in [0.1, 0.15) is 42.9 Å². The third-order valence-electron chi connectivity index (χ3n) is 3.84. The Morgan fingerprint density at radius 1 is 1.13 bits per heavy atom. The minimum absolute atomic E-state index is 0.0164. The molecule has 0 aromatic heterocycles. The number of hydrogen-bond donors (Lipinski definition) is 1. The number of carbonyl (C=O) groups is 1. The summed E-state index contributed by atoms with van der Waals surface area (Å²) in [5, 5.41) is 4.10. The Balaban J connectivity index is 2.07. The average Bonchev–Trinajstić information content (AvgIpc) is 2.50. The Bertz CT molecular complexity index is 711. The normalized spacial score (nSPS) is 10.9. The number of nitrogens with one attached hydrogen (secondary N) is 1. The summed E-state index contributed by atoms with van der Waals surface area (Å²) in [5.41, 5.74) is 4.04. The van der Waals surface area contributed by atoms with Gasteiger partial charge >= 0.3 is 0 Å². The highest BCUT2D eigenvalue weighted by Crippen LogP contribution is 2.29. The van der Waals surface area contributed by atoms with Crippen molar-refractivity contribution in [2.45, 2.75) is 39.5 Å². The number of hydrogen-bond acceptors (Lipinski definition) is 1. The number of benzene rings is 2. The van der Waals surface area contributed by atoms with Crippen molar-refractivity contribution < 1.29 is 4.79 Å². The maximum Gasteiger partial charge on any atom is 0.224 e. The van der Waals surface area contributed by atoms with E-state index in [1.54, 1.807) is 6.07 Å². The first-order valence-corrected chi connectivity index (χ1v) is 8.48. The van der Waals surface area contributed by atoms with Crippen LogP contribution in [0.15, 0.2) is 36.4 Å². The van der Waals surface area contributed by atoms with Gasteiger partial charge in [0, 0.05) is 12.1 Å². The molecule has 0 aliphatic heterocycles. The van der Waals surface area contributed by atoms with Crippen molar-refractivity contribution in [3.8, 4) is 0 Å². The molecule has 0 spiro atoms. The number of halogens is 2. The van der Waals surface area contributed by atoms with Gasteiger partial charge in [-0.25, -0.2) is 0 Å². The summed E-state index contributed by atoms with van der Waals surface area (Å²) in [5.74, 6) is 0.338. The second kappa shape index (κ2) is 7.85. The molecule has 122 valence electrons. The zero-order valence-electron chi connectivity index (χ0n) is 13.6. The molecule has 0 saturated heterocycles. The molecule has 0 saturated carbocycles. The van der Waals surface area contributed by atoms with Gasteiger partial charge in [0.25, 0.3) is 0 Å². The maximum atomic E-state index is 12.3. The van der Waals surface area contributed by atoms with Crippen LogP contribution in [0, 0.1) is 6.92 Å². The van der Waals surface area contributed by atoms with Gasteiger partial charge in [0.15, 0.2) is 0 Å². The molecule has 0 atom stereocenters. The molecule has 0 heterocycles. The van der Waals surface area contributed by atoms with Crippen molar-refractivity contribution in [2.75, 3.05) is 5.32 Å².